The van der Waals surface area contributed by atoms with Gasteiger partial charge in [0.05, 0.1) is 0 Å². The van der Waals surface area contributed by atoms with Crippen molar-refractivity contribution in [3.63, 3.8) is 0 Å². The fraction of sp³-hybridized carbons (Fsp3) is 1.00. The SMILES string of the molecule is CN1[Si](C)N(C)[Si](C)N(C)[Si](C)N(C)[Si]1C. The van der Waals surface area contributed by atoms with E-state index in [1.165, 1.54) is 0 Å². The highest BCUT2D eigenvalue weighted by Crippen LogP contribution is 2.14. The van der Waals surface area contributed by atoms with Gasteiger partial charge in [-0.05, 0) is 54.4 Å². The maximum absolute atomic E-state index is 2.67. The van der Waals surface area contributed by atoms with Crippen molar-refractivity contribution in [1.82, 2.24) is 16.9 Å². The van der Waals surface area contributed by atoms with Crippen LogP contribution in [0.5, 0.6) is 0 Å². The van der Waals surface area contributed by atoms with E-state index in [4.69, 9.17) is 0 Å². The van der Waals surface area contributed by atoms with Crippen molar-refractivity contribution >= 4 is 36.5 Å². The molecule has 1 heterocycles. The largest absolute Gasteiger partial charge is 0.325 e. The number of rotatable bonds is 0. The topological polar surface area (TPSA) is 13.0 Å². The lowest BCUT2D eigenvalue weighted by molar-refractivity contribution is 0.545. The zero-order valence-electron chi connectivity index (χ0n) is 11.8. The van der Waals surface area contributed by atoms with Gasteiger partial charge in [-0.25, -0.2) is 0 Å². The summed E-state index contributed by atoms with van der Waals surface area (Å²) < 4.78 is 10.7. The molecule has 0 amide bonds. The van der Waals surface area contributed by atoms with E-state index >= 15 is 0 Å². The second-order valence-corrected chi connectivity index (χ2v) is 16.0. The van der Waals surface area contributed by atoms with Crippen molar-refractivity contribution in [1.29, 1.82) is 0 Å². The van der Waals surface area contributed by atoms with E-state index in [2.05, 4.69) is 71.3 Å². The van der Waals surface area contributed by atoms with Crippen LogP contribution in [0.4, 0.5) is 0 Å². The molecule has 4 nitrogen and oxygen atoms in total. The summed E-state index contributed by atoms with van der Waals surface area (Å²) in [7, 11) is 7.29. The number of hydrogen-bond acceptors (Lipinski definition) is 4. The molecular formula is C8H24N4Si4. The molecule has 1 fully saturated rings. The molecule has 0 saturated carbocycles. The molecule has 0 spiro atoms. The van der Waals surface area contributed by atoms with Gasteiger partial charge in [0.25, 0.3) is 0 Å². The first kappa shape index (κ1) is 14.8. The lowest BCUT2D eigenvalue weighted by Gasteiger charge is -2.48. The molecule has 1 saturated heterocycles. The van der Waals surface area contributed by atoms with Crippen LogP contribution in [0.15, 0.2) is 0 Å². The first-order valence-electron chi connectivity index (χ1n) is 5.58. The van der Waals surface area contributed by atoms with Gasteiger partial charge in [0.2, 0.25) is 36.5 Å². The number of hydrogen-bond donors (Lipinski definition) is 0. The fourth-order valence-corrected chi connectivity index (χ4v) is 15.9. The normalized spacial score (nSPS) is 28.5. The van der Waals surface area contributed by atoms with Crippen molar-refractivity contribution in [3.8, 4) is 0 Å². The van der Waals surface area contributed by atoms with Gasteiger partial charge >= 0.3 is 0 Å². The molecule has 1 rings (SSSR count). The molecule has 1 aliphatic rings. The third kappa shape index (κ3) is 2.58. The monoisotopic (exact) mass is 288 g/mol. The Labute approximate surface area is 108 Å². The van der Waals surface area contributed by atoms with E-state index in [1.807, 2.05) is 0 Å². The van der Waals surface area contributed by atoms with Crippen molar-refractivity contribution in [2.45, 2.75) is 26.2 Å². The smallest absolute Gasteiger partial charge is 0.213 e. The molecule has 16 heavy (non-hydrogen) atoms. The highest BCUT2D eigenvalue weighted by molar-refractivity contribution is 6.84. The minimum absolute atomic E-state index is 0.503. The molecule has 0 atom stereocenters. The van der Waals surface area contributed by atoms with Gasteiger partial charge < -0.3 is 16.9 Å². The summed E-state index contributed by atoms with van der Waals surface area (Å²) in [6.07, 6.45) is 0. The molecule has 0 aromatic rings. The van der Waals surface area contributed by atoms with Crippen molar-refractivity contribution in [2.24, 2.45) is 0 Å². The lowest BCUT2D eigenvalue weighted by atomic mass is 11.6. The Hall–Kier alpha value is 0.708. The second kappa shape index (κ2) is 5.57. The minimum Gasteiger partial charge on any atom is -0.325 e. The Balaban J connectivity index is 2.98. The predicted molar refractivity (Wildman–Crippen MR) is 77.5 cm³/mol. The van der Waals surface area contributed by atoms with Crippen LogP contribution in [-0.2, 0) is 0 Å². The Morgan fingerprint density at radius 1 is 0.438 bits per heavy atom. The molecule has 0 aromatic carbocycles. The maximum Gasteiger partial charge on any atom is 0.213 e. The Bertz CT molecular complexity index is 156. The van der Waals surface area contributed by atoms with Gasteiger partial charge in [0, 0.05) is 0 Å². The molecule has 0 aromatic heterocycles. The van der Waals surface area contributed by atoms with Crippen molar-refractivity contribution in [2.75, 3.05) is 28.2 Å². The van der Waals surface area contributed by atoms with E-state index in [9.17, 15) is 0 Å². The van der Waals surface area contributed by atoms with Gasteiger partial charge in [0.15, 0.2) is 0 Å². The van der Waals surface area contributed by atoms with Crippen molar-refractivity contribution in [3.05, 3.63) is 0 Å². The molecule has 8 heteroatoms. The average molecular weight is 289 g/mol. The maximum atomic E-state index is 2.67. The number of nitrogens with zero attached hydrogens (tertiary/aromatic N) is 4. The van der Waals surface area contributed by atoms with Crippen molar-refractivity contribution < 1.29 is 0 Å². The Kier molecular flexibility index (Phi) is 5.14. The van der Waals surface area contributed by atoms with Crippen LogP contribution in [0.2, 0.25) is 26.2 Å². The van der Waals surface area contributed by atoms with E-state index in [0.29, 0.717) is 0 Å². The lowest BCUT2D eigenvalue weighted by Crippen LogP contribution is -2.72. The van der Waals surface area contributed by atoms with E-state index in [0.717, 1.165) is 0 Å². The predicted octanol–water partition coefficient (Wildman–Crippen LogP) is 0.199. The average Bonchev–Trinajstić information content (AvgIpc) is 2.30. The molecule has 4 radical (unpaired) electrons. The minimum atomic E-state index is -0.503. The van der Waals surface area contributed by atoms with Gasteiger partial charge in [-0.1, -0.05) is 0 Å². The first-order valence-corrected chi connectivity index (χ1v) is 13.2. The summed E-state index contributed by atoms with van der Waals surface area (Å²) in [6, 6.07) is 0. The molecule has 0 aliphatic carbocycles. The third-order valence-corrected chi connectivity index (χ3v) is 19.4. The quantitative estimate of drug-likeness (QED) is 0.590. The van der Waals surface area contributed by atoms with Crippen LogP contribution in [0, 0.1) is 0 Å². The zero-order valence-corrected chi connectivity index (χ0v) is 15.8. The van der Waals surface area contributed by atoms with Gasteiger partial charge in [-0.3, -0.25) is 0 Å². The summed E-state index contributed by atoms with van der Waals surface area (Å²) in [5, 5.41) is 0. The summed E-state index contributed by atoms with van der Waals surface area (Å²) in [5.74, 6) is 0. The standard InChI is InChI=1S/C8H24N4Si4/c1-9-13(5)10(2)15(7)12(4)16(8)11(3)14(9)6/h1-8H3. The van der Waals surface area contributed by atoms with Gasteiger partial charge in [-0.15, -0.1) is 0 Å². The van der Waals surface area contributed by atoms with E-state index in [-0.39, 0.29) is 0 Å². The molecule has 92 valence electrons. The summed E-state index contributed by atoms with van der Waals surface area (Å²) in [4.78, 5) is 0. The summed E-state index contributed by atoms with van der Waals surface area (Å²) >= 11 is 0. The Morgan fingerprint density at radius 2 is 0.562 bits per heavy atom. The molecule has 0 N–H and O–H groups in total. The second-order valence-electron chi connectivity index (χ2n) is 4.42. The van der Waals surface area contributed by atoms with Gasteiger partial charge in [-0.2, -0.15) is 0 Å². The van der Waals surface area contributed by atoms with E-state index in [1.54, 1.807) is 0 Å². The molecule has 0 bridgehead atoms. The Morgan fingerprint density at radius 3 is 0.688 bits per heavy atom. The third-order valence-electron chi connectivity index (χ3n) is 3.88. The summed E-state index contributed by atoms with van der Waals surface area (Å²) in [5.41, 5.74) is 0. The van der Waals surface area contributed by atoms with Crippen LogP contribution < -0.4 is 0 Å². The fourth-order valence-electron chi connectivity index (χ4n) is 1.84. The molecule has 1 aliphatic heterocycles. The van der Waals surface area contributed by atoms with Crippen LogP contribution in [-0.4, -0.2) is 81.6 Å². The molecule has 0 unspecified atom stereocenters. The zero-order chi connectivity index (χ0) is 12.6. The van der Waals surface area contributed by atoms with Crippen LogP contribution >= 0.6 is 0 Å². The van der Waals surface area contributed by atoms with E-state index < -0.39 is 36.5 Å². The van der Waals surface area contributed by atoms with Crippen LogP contribution in [0.3, 0.4) is 0 Å². The highest BCUT2D eigenvalue weighted by Gasteiger charge is 2.39. The first-order chi connectivity index (χ1) is 7.29. The highest BCUT2D eigenvalue weighted by atomic mass is 28.4. The molecular weight excluding hydrogens is 264 g/mol. The summed E-state index contributed by atoms with van der Waals surface area (Å²) in [6.45, 7) is 9.73. The van der Waals surface area contributed by atoms with Crippen LogP contribution in [0.25, 0.3) is 0 Å². The van der Waals surface area contributed by atoms with Crippen LogP contribution in [0.1, 0.15) is 0 Å². The van der Waals surface area contributed by atoms with Gasteiger partial charge in [0.1, 0.15) is 0 Å².